The number of halogens is 1. The van der Waals surface area contributed by atoms with Crippen molar-refractivity contribution < 1.29 is 9.53 Å². The van der Waals surface area contributed by atoms with Gasteiger partial charge in [-0.3, -0.25) is 4.79 Å². The molecule has 1 spiro atoms. The molecular weight excluding hydrogens is 192 g/mol. The number of ether oxygens (including phenoxy) is 1. The van der Waals surface area contributed by atoms with Crippen molar-refractivity contribution in [1.29, 1.82) is 0 Å². The predicted molar refractivity (Wildman–Crippen MR) is 50.8 cm³/mol. The molecule has 2 N–H and O–H groups in total. The molecule has 1 unspecified atom stereocenters. The van der Waals surface area contributed by atoms with Gasteiger partial charge in [-0.25, -0.2) is 0 Å². The molecule has 2 saturated heterocycles. The predicted octanol–water partition coefficient (Wildman–Crippen LogP) is 0.0228. The molecule has 76 valence electrons. The Morgan fingerprint density at radius 3 is 2.54 bits per heavy atom. The second-order valence-electron chi connectivity index (χ2n) is 3.49. The number of amides is 1. The molecule has 0 aromatic rings. The lowest BCUT2D eigenvalue weighted by Crippen LogP contribution is -2.50. The normalized spacial score (nSPS) is 31.2. The van der Waals surface area contributed by atoms with Crippen molar-refractivity contribution in [2.75, 3.05) is 13.1 Å². The van der Waals surface area contributed by atoms with Gasteiger partial charge in [0.15, 0.2) is 0 Å². The van der Waals surface area contributed by atoms with Crippen LogP contribution in [-0.2, 0) is 9.53 Å². The van der Waals surface area contributed by atoms with Crippen molar-refractivity contribution in [2.24, 2.45) is 0 Å². The fraction of sp³-hybridized carbons (Fsp3) is 0.875. The van der Waals surface area contributed by atoms with Gasteiger partial charge in [-0.15, -0.1) is 12.4 Å². The van der Waals surface area contributed by atoms with Crippen molar-refractivity contribution in [3.05, 3.63) is 0 Å². The van der Waals surface area contributed by atoms with Crippen molar-refractivity contribution in [3.63, 3.8) is 0 Å². The quantitative estimate of drug-likeness (QED) is 0.588. The van der Waals surface area contributed by atoms with Crippen LogP contribution in [0.3, 0.4) is 0 Å². The highest BCUT2D eigenvalue weighted by Gasteiger charge is 2.43. The minimum absolute atomic E-state index is 0. The molecule has 0 aliphatic carbocycles. The number of carbonyl (C=O) groups is 1. The number of rotatable bonds is 0. The maximum Gasteiger partial charge on any atom is 0.251 e. The molecule has 0 aromatic carbocycles. The number of hydrogen-bond acceptors (Lipinski definition) is 3. The van der Waals surface area contributed by atoms with Crippen molar-refractivity contribution >= 4 is 18.3 Å². The average molecular weight is 207 g/mol. The van der Waals surface area contributed by atoms with E-state index in [1.807, 2.05) is 0 Å². The fourth-order valence-corrected chi connectivity index (χ4v) is 1.82. The van der Waals surface area contributed by atoms with Gasteiger partial charge in [-0.2, -0.15) is 0 Å². The zero-order valence-electron chi connectivity index (χ0n) is 7.63. The third kappa shape index (κ3) is 1.95. The van der Waals surface area contributed by atoms with Crippen LogP contribution in [0.2, 0.25) is 0 Å². The zero-order valence-corrected chi connectivity index (χ0v) is 8.45. The minimum atomic E-state index is -0.345. The molecule has 0 aromatic heterocycles. The van der Waals surface area contributed by atoms with Crippen LogP contribution in [0, 0.1) is 0 Å². The highest BCUT2D eigenvalue weighted by Crippen LogP contribution is 2.26. The molecule has 1 atom stereocenters. The Hall–Kier alpha value is -0.320. The van der Waals surface area contributed by atoms with E-state index >= 15 is 0 Å². The topological polar surface area (TPSA) is 50.4 Å². The molecule has 0 radical (unpaired) electrons. The molecule has 5 heteroatoms. The lowest BCUT2D eigenvalue weighted by atomic mass is 10.0. The van der Waals surface area contributed by atoms with Gasteiger partial charge < -0.3 is 15.4 Å². The smallest absolute Gasteiger partial charge is 0.251 e. The summed E-state index contributed by atoms with van der Waals surface area (Å²) in [4.78, 5) is 11.2. The van der Waals surface area contributed by atoms with Gasteiger partial charge in [-0.1, -0.05) is 0 Å². The van der Waals surface area contributed by atoms with E-state index in [0.717, 1.165) is 25.9 Å². The Kier molecular flexibility index (Phi) is 3.16. The highest BCUT2D eigenvalue weighted by molar-refractivity contribution is 5.85. The number of hydrogen-bond donors (Lipinski definition) is 2. The van der Waals surface area contributed by atoms with E-state index in [0.29, 0.717) is 0 Å². The molecule has 4 nitrogen and oxygen atoms in total. The molecule has 0 bridgehead atoms. The van der Waals surface area contributed by atoms with Gasteiger partial charge in [0.05, 0.1) is 0 Å². The molecule has 2 aliphatic rings. The molecule has 1 amide bonds. The highest BCUT2D eigenvalue weighted by atomic mass is 35.5. The summed E-state index contributed by atoms with van der Waals surface area (Å²) in [5.74, 6) is 0.0249. The van der Waals surface area contributed by atoms with E-state index in [1.54, 1.807) is 6.92 Å². The molecule has 2 fully saturated rings. The Morgan fingerprint density at radius 2 is 2.08 bits per heavy atom. The second-order valence-corrected chi connectivity index (χ2v) is 3.49. The SMILES string of the molecule is CC1OC2(CCNCC2)NC1=O.Cl. The molecule has 2 aliphatic heterocycles. The van der Waals surface area contributed by atoms with Crippen LogP contribution in [0.15, 0.2) is 0 Å². The van der Waals surface area contributed by atoms with Crippen molar-refractivity contribution in [1.82, 2.24) is 10.6 Å². The molecule has 2 heterocycles. The van der Waals surface area contributed by atoms with Crippen LogP contribution in [0.1, 0.15) is 19.8 Å². The molecule has 2 rings (SSSR count). The van der Waals surface area contributed by atoms with Crippen LogP contribution in [-0.4, -0.2) is 30.8 Å². The third-order valence-electron chi connectivity index (χ3n) is 2.53. The maximum absolute atomic E-state index is 11.2. The number of piperidine rings is 1. The fourth-order valence-electron chi connectivity index (χ4n) is 1.82. The summed E-state index contributed by atoms with van der Waals surface area (Å²) in [6.07, 6.45) is 1.48. The summed E-state index contributed by atoms with van der Waals surface area (Å²) in [6.45, 7) is 3.64. The first-order valence-electron chi connectivity index (χ1n) is 4.42. The van der Waals surface area contributed by atoms with Crippen molar-refractivity contribution in [3.8, 4) is 0 Å². The number of nitrogens with one attached hydrogen (secondary N) is 2. The molecular formula is C8H15ClN2O2. The Labute approximate surface area is 83.8 Å². The van der Waals surface area contributed by atoms with Crippen LogP contribution in [0.4, 0.5) is 0 Å². The van der Waals surface area contributed by atoms with E-state index in [-0.39, 0.29) is 30.1 Å². The van der Waals surface area contributed by atoms with Crippen LogP contribution >= 0.6 is 12.4 Å². The molecule has 13 heavy (non-hydrogen) atoms. The Morgan fingerprint density at radius 1 is 1.46 bits per heavy atom. The van der Waals surface area contributed by atoms with E-state index in [1.165, 1.54) is 0 Å². The second kappa shape index (κ2) is 3.82. The van der Waals surface area contributed by atoms with Gasteiger partial charge in [0.2, 0.25) is 0 Å². The summed E-state index contributed by atoms with van der Waals surface area (Å²) >= 11 is 0. The van der Waals surface area contributed by atoms with Gasteiger partial charge in [0.25, 0.3) is 5.91 Å². The van der Waals surface area contributed by atoms with E-state index in [4.69, 9.17) is 4.74 Å². The van der Waals surface area contributed by atoms with E-state index in [9.17, 15) is 4.79 Å². The first-order valence-corrected chi connectivity index (χ1v) is 4.42. The summed E-state index contributed by atoms with van der Waals surface area (Å²) in [6, 6.07) is 0. The monoisotopic (exact) mass is 206 g/mol. The van der Waals surface area contributed by atoms with Crippen LogP contribution in [0.5, 0.6) is 0 Å². The lowest BCUT2D eigenvalue weighted by molar-refractivity contribution is -0.123. The maximum atomic E-state index is 11.2. The largest absolute Gasteiger partial charge is 0.343 e. The summed E-state index contributed by atoms with van der Waals surface area (Å²) < 4.78 is 5.60. The summed E-state index contributed by atoms with van der Waals surface area (Å²) in [7, 11) is 0. The van der Waals surface area contributed by atoms with E-state index < -0.39 is 0 Å². The summed E-state index contributed by atoms with van der Waals surface area (Å²) in [5.41, 5.74) is -0.345. The molecule has 0 saturated carbocycles. The Bertz CT molecular complexity index is 204. The first kappa shape index (κ1) is 10.8. The summed E-state index contributed by atoms with van der Waals surface area (Å²) in [5, 5.41) is 6.15. The van der Waals surface area contributed by atoms with Crippen LogP contribution in [0.25, 0.3) is 0 Å². The standard InChI is InChI=1S/C8H14N2O2.ClH/c1-6-7(11)10-8(12-6)2-4-9-5-3-8;/h6,9H,2-5H2,1H3,(H,10,11);1H. The third-order valence-corrected chi connectivity index (χ3v) is 2.53. The van der Waals surface area contributed by atoms with Gasteiger partial charge in [0, 0.05) is 12.8 Å². The van der Waals surface area contributed by atoms with E-state index in [2.05, 4.69) is 10.6 Å². The number of carbonyl (C=O) groups excluding carboxylic acids is 1. The van der Waals surface area contributed by atoms with Gasteiger partial charge in [0.1, 0.15) is 11.8 Å². The van der Waals surface area contributed by atoms with Crippen molar-refractivity contribution in [2.45, 2.75) is 31.6 Å². The lowest BCUT2D eigenvalue weighted by Gasteiger charge is -2.32. The van der Waals surface area contributed by atoms with Crippen LogP contribution < -0.4 is 10.6 Å². The minimum Gasteiger partial charge on any atom is -0.343 e. The Balaban J connectivity index is 0.000000845. The van der Waals surface area contributed by atoms with Gasteiger partial charge in [-0.05, 0) is 20.0 Å². The zero-order chi connectivity index (χ0) is 8.60. The average Bonchev–Trinajstić information content (AvgIpc) is 2.29. The van der Waals surface area contributed by atoms with Gasteiger partial charge >= 0.3 is 0 Å². The first-order chi connectivity index (χ1) is 5.72.